The van der Waals surface area contributed by atoms with Crippen LogP contribution in [0, 0.1) is 11.3 Å². The summed E-state index contributed by atoms with van der Waals surface area (Å²) in [4.78, 5) is 0. The van der Waals surface area contributed by atoms with E-state index >= 15 is 0 Å². The molecule has 0 saturated carbocycles. The second-order valence-electron chi connectivity index (χ2n) is 2.91. The molecule has 1 atom stereocenters. The topological polar surface area (TPSA) is 57.9 Å². The fourth-order valence-corrected chi connectivity index (χ4v) is 1.23. The van der Waals surface area contributed by atoms with Gasteiger partial charge >= 0.3 is 6.18 Å². The second-order valence-corrected chi connectivity index (χ2v) is 5.35. The highest BCUT2D eigenvalue weighted by Gasteiger charge is 2.46. The maximum Gasteiger partial charge on any atom is 0.391 e. The van der Waals surface area contributed by atoms with Crippen molar-refractivity contribution in [2.45, 2.75) is 24.3 Å². The summed E-state index contributed by atoms with van der Waals surface area (Å²) in [7, 11) is -4.03. The molecule has 1 unspecified atom stereocenters. The van der Waals surface area contributed by atoms with Crippen molar-refractivity contribution in [1.29, 1.82) is 5.26 Å². The molecule has 0 rings (SSSR count). The summed E-state index contributed by atoms with van der Waals surface area (Å²) in [5.74, 6) is 0. The molecule has 0 N–H and O–H groups in total. The third-order valence-electron chi connectivity index (χ3n) is 1.59. The van der Waals surface area contributed by atoms with Gasteiger partial charge in [0, 0.05) is 6.26 Å². The Balaban J connectivity index is 5.04. The molecular weight excluding hydrogens is 207 g/mol. The number of halogens is 3. The Bertz CT molecular complexity index is 327. The maximum atomic E-state index is 11.9. The van der Waals surface area contributed by atoms with Crippen LogP contribution >= 0.6 is 0 Å². The van der Waals surface area contributed by atoms with Crippen LogP contribution < -0.4 is 0 Å². The lowest BCUT2D eigenvalue weighted by Gasteiger charge is -2.20. The molecule has 7 heteroatoms. The molecule has 0 spiro atoms. The third kappa shape index (κ3) is 3.22. The van der Waals surface area contributed by atoms with Crippen molar-refractivity contribution < 1.29 is 21.6 Å². The summed E-state index contributed by atoms with van der Waals surface area (Å²) in [6.07, 6.45) is -5.69. The first-order chi connectivity index (χ1) is 5.52. The first kappa shape index (κ1) is 12.2. The molecule has 3 nitrogen and oxygen atoms in total. The minimum atomic E-state index is -4.66. The fraction of sp³-hybridized carbons (Fsp3) is 0.833. The van der Waals surface area contributed by atoms with E-state index in [0.29, 0.717) is 6.26 Å². The fourth-order valence-electron chi connectivity index (χ4n) is 0.636. The molecule has 0 amide bonds. The second kappa shape index (κ2) is 3.18. The summed E-state index contributed by atoms with van der Waals surface area (Å²) in [5.41, 5.74) is 0. The number of nitriles is 1. The van der Waals surface area contributed by atoms with Crippen LogP contribution in [0.1, 0.15) is 13.3 Å². The van der Waals surface area contributed by atoms with Crippen molar-refractivity contribution in [1.82, 2.24) is 0 Å². The van der Waals surface area contributed by atoms with Gasteiger partial charge in [0.15, 0.2) is 14.6 Å². The zero-order valence-corrected chi connectivity index (χ0v) is 7.83. The van der Waals surface area contributed by atoms with Crippen molar-refractivity contribution in [3.8, 4) is 6.07 Å². The molecule has 0 aliphatic rings. The lowest BCUT2D eigenvalue weighted by Crippen LogP contribution is -2.37. The van der Waals surface area contributed by atoms with E-state index in [-0.39, 0.29) is 0 Å². The largest absolute Gasteiger partial charge is 0.391 e. The molecular formula is C6H8F3NO2S. The van der Waals surface area contributed by atoms with Crippen LogP contribution in [0.25, 0.3) is 0 Å². The molecule has 0 heterocycles. The highest BCUT2D eigenvalue weighted by atomic mass is 32.2. The number of nitrogens with zero attached hydrogens (tertiary/aromatic N) is 1. The van der Waals surface area contributed by atoms with Crippen molar-refractivity contribution >= 4 is 9.84 Å². The maximum absolute atomic E-state index is 11.9. The average molecular weight is 215 g/mol. The predicted molar refractivity (Wildman–Crippen MR) is 39.5 cm³/mol. The normalized spacial score (nSPS) is 17.5. The van der Waals surface area contributed by atoms with E-state index in [1.54, 1.807) is 0 Å². The van der Waals surface area contributed by atoms with Crippen LogP contribution in [-0.4, -0.2) is 25.6 Å². The van der Waals surface area contributed by atoms with Gasteiger partial charge in [-0.3, -0.25) is 0 Å². The molecule has 0 aliphatic carbocycles. The van der Waals surface area contributed by atoms with E-state index in [2.05, 4.69) is 0 Å². The Labute approximate surface area is 74.1 Å². The molecule has 0 aromatic carbocycles. The van der Waals surface area contributed by atoms with Gasteiger partial charge in [0.05, 0.1) is 12.5 Å². The molecule has 0 fully saturated rings. The van der Waals surface area contributed by atoms with Crippen LogP contribution in [0.4, 0.5) is 13.2 Å². The molecule has 0 aromatic rings. The first-order valence-electron chi connectivity index (χ1n) is 3.19. The van der Waals surface area contributed by atoms with Gasteiger partial charge in [-0.2, -0.15) is 18.4 Å². The molecule has 0 aliphatic heterocycles. The number of hydrogen-bond donors (Lipinski definition) is 0. The van der Waals surface area contributed by atoms with E-state index in [4.69, 9.17) is 5.26 Å². The SMILES string of the molecule is CC(C#N)(CC(F)(F)F)S(C)(=O)=O. The number of sulfone groups is 1. The Kier molecular flexibility index (Phi) is 2.99. The van der Waals surface area contributed by atoms with Gasteiger partial charge in [-0.25, -0.2) is 8.42 Å². The quantitative estimate of drug-likeness (QED) is 0.696. The van der Waals surface area contributed by atoms with Crippen molar-refractivity contribution in [2.24, 2.45) is 0 Å². The van der Waals surface area contributed by atoms with Crippen molar-refractivity contribution in [3.63, 3.8) is 0 Å². The van der Waals surface area contributed by atoms with E-state index in [1.807, 2.05) is 0 Å². The highest BCUT2D eigenvalue weighted by Crippen LogP contribution is 2.31. The number of rotatable bonds is 2. The number of hydrogen-bond acceptors (Lipinski definition) is 3. The Morgan fingerprint density at radius 2 is 1.77 bits per heavy atom. The number of alkyl halides is 3. The van der Waals surface area contributed by atoms with Gasteiger partial charge in [-0.05, 0) is 6.92 Å². The van der Waals surface area contributed by atoms with Gasteiger partial charge in [0.2, 0.25) is 0 Å². The Hall–Kier alpha value is -0.770. The van der Waals surface area contributed by atoms with Gasteiger partial charge in [-0.15, -0.1) is 0 Å². The average Bonchev–Trinajstić information content (AvgIpc) is 1.81. The third-order valence-corrected chi connectivity index (χ3v) is 3.47. The Morgan fingerprint density at radius 3 is 1.85 bits per heavy atom. The zero-order valence-electron chi connectivity index (χ0n) is 7.01. The van der Waals surface area contributed by atoms with Crippen molar-refractivity contribution in [2.75, 3.05) is 6.26 Å². The molecule has 0 saturated heterocycles. The summed E-state index contributed by atoms with van der Waals surface area (Å²) in [6, 6.07) is 1.17. The highest BCUT2D eigenvalue weighted by molar-refractivity contribution is 7.92. The van der Waals surface area contributed by atoms with Crippen LogP contribution in [-0.2, 0) is 9.84 Å². The van der Waals surface area contributed by atoms with Crippen molar-refractivity contribution in [3.05, 3.63) is 0 Å². The Morgan fingerprint density at radius 1 is 1.38 bits per heavy atom. The first-order valence-corrected chi connectivity index (χ1v) is 5.08. The molecule has 76 valence electrons. The summed E-state index contributed by atoms with van der Waals surface area (Å²) >= 11 is 0. The van der Waals surface area contributed by atoms with Crippen LogP contribution in [0.15, 0.2) is 0 Å². The monoisotopic (exact) mass is 215 g/mol. The molecule has 0 aromatic heterocycles. The van der Waals surface area contributed by atoms with Gasteiger partial charge in [0.25, 0.3) is 0 Å². The van der Waals surface area contributed by atoms with Crippen LogP contribution in [0.3, 0.4) is 0 Å². The summed E-state index contributed by atoms with van der Waals surface area (Å²) < 4.78 is 54.9. The minimum absolute atomic E-state index is 0.613. The van der Waals surface area contributed by atoms with Crippen LogP contribution in [0.2, 0.25) is 0 Å². The predicted octanol–water partition coefficient (Wildman–Crippen LogP) is 1.27. The minimum Gasteiger partial charge on any atom is -0.227 e. The lowest BCUT2D eigenvalue weighted by atomic mass is 10.1. The van der Waals surface area contributed by atoms with E-state index in [0.717, 1.165) is 6.92 Å². The van der Waals surface area contributed by atoms with E-state index in [9.17, 15) is 21.6 Å². The molecule has 0 bridgehead atoms. The molecule has 13 heavy (non-hydrogen) atoms. The smallest absolute Gasteiger partial charge is 0.227 e. The van der Waals surface area contributed by atoms with Crippen LogP contribution in [0.5, 0.6) is 0 Å². The standard InChI is InChI=1S/C6H8F3NO2S/c1-5(4-10,13(2,11)12)3-6(7,8)9/h3H2,1-2H3. The summed E-state index contributed by atoms with van der Waals surface area (Å²) in [6.45, 7) is 0.760. The van der Waals surface area contributed by atoms with Gasteiger partial charge in [-0.1, -0.05) is 0 Å². The lowest BCUT2D eigenvalue weighted by molar-refractivity contribution is -0.137. The van der Waals surface area contributed by atoms with Gasteiger partial charge in [0.1, 0.15) is 0 Å². The molecule has 0 radical (unpaired) electrons. The zero-order chi connectivity index (χ0) is 10.9. The van der Waals surface area contributed by atoms with E-state index in [1.165, 1.54) is 6.07 Å². The summed E-state index contributed by atoms with van der Waals surface area (Å²) in [5, 5.41) is 8.36. The van der Waals surface area contributed by atoms with E-state index < -0.39 is 27.2 Å². The van der Waals surface area contributed by atoms with Gasteiger partial charge < -0.3 is 0 Å².